The molecule has 8 nitrogen and oxygen atoms in total. The van der Waals surface area contributed by atoms with Gasteiger partial charge in [-0.3, -0.25) is 4.98 Å². The summed E-state index contributed by atoms with van der Waals surface area (Å²) < 4.78 is 0. The van der Waals surface area contributed by atoms with E-state index in [1.54, 1.807) is 18.6 Å². The third kappa shape index (κ3) is 4.55. The van der Waals surface area contributed by atoms with Crippen LogP contribution in [0.4, 0.5) is 23.5 Å². The zero-order valence-electron chi connectivity index (χ0n) is 14.8. The van der Waals surface area contributed by atoms with Gasteiger partial charge in [0.15, 0.2) is 0 Å². The molecule has 27 heavy (non-hydrogen) atoms. The molecule has 2 N–H and O–H groups in total. The maximum Gasteiger partial charge on any atom is 0.250 e. The van der Waals surface area contributed by atoms with E-state index < -0.39 is 0 Å². The van der Waals surface area contributed by atoms with Gasteiger partial charge in [0.05, 0.1) is 6.21 Å². The van der Waals surface area contributed by atoms with Gasteiger partial charge in [0.2, 0.25) is 17.8 Å². The van der Waals surface area contributed by atoms with Crippen molar-refractivity contribution >= 4 is 29.7 Å². The van der Waals surface area contributed by atoms with Crippen LogP contribution in [0.2, 0.25) is 0 Å². The van der Waals surface area contributed by atoms with E-state index in [2.05, 4.69) is 40.7 Å². The molecule has 1 aromatic carbocycles. The van der Waals surface area contributed by atoms with Crippen molar-refractivity contribution < 1.29 is 0 Å². The number of nitrogens with one attached hydrogen (secondary N) is 2. The lowest BCUT2D eigenvalue weighted by Crippen LogP contribution is -2.21. The summed E-state index contributed by atoms with van der Waals surface area (Å²) in [6.45, 7) is 1.90. The first kappa shape index (κ1) is 16.9. The van der Waals surface area contributed by atoms with Gasteiger partial charge < -0.3 is 10.2 Å². The van der Waals surface area contributed by atoms with Crippen LogP contribution in [0.1, 0.15) is 18.4 Å². The standard InChI is InChI=1S/C19H20N8/c1-2-8-16(9-3-1)22-17-23-18(25-19(24-17)27-11-4-5-12-27)26-21-14-15-7-6-10-20-13-15/h1-3,6-10,13-14H,4-5,11-12H2,(H2,22,23,24,25,26)/b21-14+. The van der Waals surface area contributed by atoms with Crippen molar-refractivity contribution in [1.29, 1.82) is 0 Å². The van der Waals surface area contributed by atoms with E-state index in [-0.39, 0.29) is 0 Å². The highest BCUT2D eigenvalue weighted by atomic mass is 15.4. The summed E-state index contributed by atoms with van der Waals surface area (Å²) in [7, 11) is 0. The molecule has 0 amide bonds. The fraction of sp³-hybridized carbons (Fsp3) is 0.211. The van der Waals surface area contributed by atoms with Crippen LogP contribution in [0.15, 0.2) is 60.0 Å². The zero-order chi connectivity index (χ0) is 18.3. The molecule has 8 heteroatoms. The molecule has 0 unspecified atom stereocenters. The summed E-state index contributed by atoms with van der Waals surface area (Å²) >= 11 is 0. The van der Waals surface area contributed by atoms with Gasteiger partial charge in [-0.05, 0) is 31.0 Å². The molecule has 1 aliphatic heterocycles. The molecule has 0 radical (unpaired) electrons. The molecule has 0 atom stereocenters. The Bertz CT molecular complexity index is 892. The Morgan fingerprint density at radius 1 is 0.926 bits per heavy atom. The van der Waals surface area contributed by atoms with Crippen LogP contribution in [0.3, 0.4) is 0 Å². The van der Waals surface area contributed by atoms with Crippen molar-refractivity contribution in [1.82, 2.24) is 19.9 Å². The number of nitrogens with zero attached hydrogens (tertiary/aromatic N) is 6. The maximum atomic E-state index is 4.57. The summed E-state index contributed by atoms with van der Waals surface area (Å²) in [5, 5.41) is 7.44. The average molecular weight is 360 g/mol. The number of anilines is 4. The first-order valence-electron chi connectivity index (χ1n) is 8.89. The molecule has 3 aromatic rings. The van der Waals surface area contributed by atoms with E-state index in [1.807, 2.05) is 42.5 Å². The Morgan fingerprint density at radius 2 is 1.74 bits per heavy atom. The van der Waals surface area contributed by atoms with Crippen molar-refractivity contribution in [3.05, 3.63) is 60.4 Å². The number of hydrogen-bond acceptors (Lipinski definition) is 8. The van der Waals surface area contributed by atoms with Gasteiger partial charge in [-0.2, -0.15) is 20.1 Å². The Balaban J connectivity index is 1.56. The minimum absolute atomic E-state index is 0.394. The molecule has 136 valence electrons. The number of hydrogen-bond donors (Lipinski definition) is 2. The van der Waals surface area contributed by atoms with Crippen LogP contribution >= 0.6 is 0 Å². The van der Waals surface area contributed by atoms with Gasteiger partial charge >= 0.3 is 0 Å². The van der Waals surface area contributed by atoms with E-state index in [0.717, 1.165) is 37.2 Å². The number of pyridine rings is 1. The first-order chi connectivity index (χ1) is 13.4. The van der Waals surface area contributed by atoms with E-state index in [1.165, 1.54) is 0 Å². The molecule has 3 heterocycles. The lowest BCUT2D eigenvalue weighted by atomic mass is 10.3. The zero-order valence-corrected chi connectivity index (χ0v) is 14.8. The van der Waals surface area contributed by atoms with Crippen LogP contribution in [-0.2, 0) is 0 Å². The average Bonchev–Trinajstić information content (AvgIpc) is 3.24. The lowest BCUT2D eigenvalue weighted by Gasteiger charge is -2.16. The SMILES string of the molecule is C(=N\Nc1nc(Nc2ccccc2)nc(N2CCCC2)n1)/c1cccnc1. The van der Waals surface area contributed by atoms with Crippen molar-refractivity contribution in [2.24, 2.45) is 5.10 Å². The number of rotatable bonds is 6. The molecule has 0 spiro atoms. The number of aromatic nitrogens is 4. The molecule has 0 aliphatic carbocycles. The maximum absolute atomic E-state index is 4.57. The second kappa shape index (κ2) is 8.22. The molecule has 1 saturated heterocycles. The molecule has 2 aromatic heterocycles. The predicted octanol–water partition coefficient (Wildman–Crippen LogP) is 3.06. The lowest BCUT2D eigenvalue weighted by molar-refractivity contribution is 0.883. The second-order valence-corrected chi connectivity index (χ2v) is 6.12. The third-order valence-corrected chi connectivity index (χ3v) is 4.11. The highest BCUT2D eigenvalue weighted by Gasteiger charge is 2.17. The Morgan fingerprint density at radius 3 is 2.52 bits per heavy atom. The van der Waals surface area contributed by atoms with E-state index >= 15 is 0 Å². The molecule has 1 aliphatic rings. The van der Waals surface area contributed by atoms with Crippen LogP contribution in [0.5, 0.6) is 0 Å². The fourth-order valence-electron chi connectivity index (χ4n) is 2.80. The van der Waals surface area contributed by atoms with E-state index in [9.17, 15) is 0 Å². The number of benzene rings is 1. The summed E-state index contributed by atoms with van der Waals surface area (Å²) in [5.41, 5.74) is 4.70. The van der Waals surface area contributed by atoms with Crippen LogP contribution in [-0.4, -0.2) is 39.2 Å². The van der Waals surface area contributed by atoms with Crippen molar-refractivity contribution in [3.8, 4) is 0 Å². The normalized spacial score (nSPS) is 13.9. The molecule has 0 bridgehead atoms. The predicted molar refractivity (Wildman–Crippen MR) is 106 cm³/mol. The monoisotopic (exact) mass is 360 g/mol. The number of hydrazone groups is 1. The van der Waals surface area contributed by atoms with Gasteiger partial charge in [-0.25, -0.2) is 5.43 Å². The summed E-state index contributed by atoms with van der Waals surface area (Å²) in [6.07, 6.45) is 7.43. The van der Waals surface area contributed by atoms with E-state index in [0.29, 0.717) is 17.8 Å². The molecule has 1 fully saturated rings. The van der Waals surface area contributed by atoms with Gasteiger partial charge in [-0.1, -0.05) is 24.3 Å². The molecular formula is C19H20N8. The molecule has 0 saturated carbocycles. The van der Waals surface area contributed by atoms with E-state index in [4.69, 9.17) is 0 Å². The fourth-order valence-corrected chi connectivity index (χ4v) is 2.80. The highest BCUT2D eigenvalue weighted by Crippen LogP contribution is 2.20. The molecule has 4 rings (SSSR count). The van der Waals surface area contributed by atoms with Gasteiger partial charge in [-0.15, -0.1) is 0 Å². The topological polar surface area (TPSA) is 91.2 Å². The van der Waals surface area contributed by atoms with Gasteiger partial charge in [0.1, 0.15) is 0 Å². The quantitative estimate of drug-likeness (QED) is 0.516. The third-order valence-electron chi connectivity index (χ3n) is 4.11. The highest BCUT2D eigenvalue weighted by molar-refractivity contribution is 5.79. The summed E-state index contributed by atoms with van der Waals surface area (Å²) in [5.74, 6) is 1.53. The van der Waals surface area contributed by atoms with Gasteiger partial charge in [0, 0.05) is 36.7 Å². The smallest absolute Gasteiger partial charge is 0.250 e. The van der Waals surface area contributed by atoms with Crippen molar-refractivity contribution in [2.45, 2.75) is 12.8 Å². The Hall–Kier alpha value is -3.55. The minimum Gasteiger partial charge on any atom is -0.341 e. The van der Waals surface area contributed by atoms with Crippen LogP contribution < -0.4 is 15.6 Å². The molecular weight excluding hydrogens is 340 g/mol. The minimum atomic E-state index is 0.394. The summed E-state index contributed by atoms with van der Waals surface area (Å²) in [6, 6.07) is 13.6. The van der Waals surface area contributed by atoms with Crippen LogP contribution in [0, 0.1) is 0 Å². The second-order valence-electron chi connectivity index (χ2n) is 6.12. The number of para-hydroxylation sites is 1. The Kier molecular flexibility index (Phi) is 5.14. The van der Waals surface area contributed by atoms with Crippen LogP contribution in [0.25, 0.3) is 0 Å². The summed E-state index contributed by atoms with van der Waals surface area (Å²) in [4.78, 5) is 19.7. The largest absolute Gasteiger partial charge is 0.341 e. The van der Waals surface area contributed by atoms with Crippen molar-refractivity contribution in [2.75, 3.05) is 28.7 Å². The first-order valence-corrected chi connectivity index (χ1v) is 8.89. The van der Waals surface area contributed by atoms with Crippen molar-refractivity contribution in [3.63, 3.8) is 0 Å². The van der Waals surface area contributed by atoms with Gasteiger partial charge in [0.25, 0.3) is 0 Å². The Labute approximate surface area is 157 Å².